The molecule has 0 bridgehead atoms. The SMILES string of the molecule is CCC(CC(C)c1ccc(COc2ccc(C3(c4ccc(C(C)C)cc4)c4ccccc4-c4ccc(N(c5ccccc5)c5ccc6c(c5)C(C)(C)c5ccccc5-6)cc43)cc2)cc1)c1ccc2c(c1)CC2.CCCCCCc1ccc(C2(c3ccc(OCc4ccc(C(C)CC(CC)c5ccc6c(c5)CC6)cc4)cc3)c3ccccc3-c3ccc(N(c4ccccc4)c4ccc5c(c4)C(C)(C)c4ccccc4-5)cc32)cc1. The molecular formula is C143H136N2O2. The van der Waals surface area contributed by atoms with E-state index in [0.717, 1.165) is 77.7 Å². The first kappa shape index (κ1) is 95.7. The number of aryl methyl sites for hydroxylation is 5. The van der Waals surface area contributed by atoms with Gasteiger partial charge in [0.25, 0.3) is 0 Å². The Morgan fingerprint density at radius 3 is 0.925 bits per heavy atom. The molecule has 18 aromatic rings. The number of ether oxygens (including phenoxy) is 2. The smallest absolute Gasteiger partial charge is 0.119 e. The van der Waals surface area contributed by atoms with Crippen LogP contribution < -0.4 is 19.3 Å². The molecule has 6 aliphatic rings. The summed E-state index contributed by atoms with van der Waals surface area (Å²) in [6, 6.07) is 156. The monoisotopic (exact) mass is 1910 g/mol. The van der Waals surface area contributed by atoms with Crippen molar-refractivity contribution in [2.75, 3.05) is 9.80 Å². The highest BCUT2D eigenvalue weighted by Gasteiger charge is 2.50. The van der Waals surface area contributed by atoms with E-state index in [-0.39, 0.29) is 10.8 Å². The van der Waals surface area contributed by atoms with Crippen LogP contribution in [0.15, 0.2) is 413 Å². The van der Waals surface area contributed by atoms with Gasteiger partial charge in [0.1, 0.15) is 24.7 Å². The van der Waals surface area contributed by atoms with Crippen LogP contribution >= 0.6 is 0 Å². The van der Waals surface area contributed by atoms with Crippen LogP contribution in [0.5, 0.6) is 11.5 Å². The maximum absolute atomic E-state index is 6.63. The molecule has 0 saturated heterocycles. The molecule has 0 fully saturated rings. The largest absolute Gasteiger partial charge is 0.489 e. The van der Waals surface area contributed by atoms with Gasteiger partial charge in [0.05, 0.1) is 10.8 Å². The molecule has 0 heterocycles. The summed E-state index contributed by atoms with van der Waals surface area (Å²) in [6.07, 6.45) is 15.7. The first-order valence-electron chi connectivity index (χ1n) is 54.6. The molecule has 6 unspecified atom stereocenters. The summed E-state index contributed by atoms with van der Waals surface area (Å²) in [7, 11) is 0. The van der Waals surface area contributed by atoms with Crippen molar-refractivity contribution in [3.63, 3.8) is 0 Å². The van der Waals surface area contributed by atoms with Crippen LogP contribution in [-0.2, 0) is 67.0 Å². The fourth-order valence-electron chi connectivity index (χ4n) is 25.9. The number of para-hydroxylation sites is 2. The van der Waals surface area contributed by atoms with Crippen LogP contribution in [0.4, 0.5) is 34.1 Å². The molecule has 18 aromatic carbocycles. The summed E-state index contributed by atoms with van der Waals surface area (Å²) >= 11 is 0. The number of rotatable bonds is 32. The third kappa shape index (κ3) is 17.5. The fraction of sp³-hybridized carbons (Fsp3) is 0.245. The second-order valence-corrected chi connectivity index (χ2v) is 44.1. The Morgan fingerprint density at radius 1 is 0.252 bits per heavy atom. The first-order valence-corrected chi connectivity index (χ1v) is 54.6. The predicted octanol–water partition coefficient (Wildman–Crippen LogP) is 37.6. The molecule has 6 aliphatic carbocycles. The Hall–Kier alpha value is -14.8. The zero-order valence-electron chi connectivity index (χ0n) is 87.5. The summed E-state index contributed by atoms with van der Waals surface area (Å²) < 4.78 is 13.2. The molecule has 147 heavy (non-hydrogen) atoms. The summed E-state index contributed by atoms with van der Waals surface area (Å²) in [6.45, 7) is 26.8. The zero-order valence-corrected chi connectivity index (χ0v) is 87.5. The highest BCUT2D eigenvalue weighted by molar-refractivity contribution is 5.94. The predicted molar refractivity (Wildman–Crippen MR) is 615 cm³/mol. The van der Waals surface area contributed by atoms with Crippen LogP contribution in [0.2, 0.25) is 0 Å². The second-order valence-electron chi connectivity index (χ2n) is 44.1. The minimum Gasteiger partial charge on any atom is -0.489 e. The Morgan fingerprint density at radius 2 is 0.565 bits per heavy atom. The van der Waals surface area contributed by atoms with E-state index < -0.39 is 10.8 Å². The summed E-state index contributed by atoms with van der Waals surface area (Å²) in [5, 5.41) is 0. The maximum atomic E-state index is 6.63. The summed E-state index contributed by atoms with van der Waals surface area (Å²) in [5.41, 5.74) is 48.5. The molecule has 0 aliphatic heterocycles. The zero-order chi connectivity index (χ0) is 100. The number of unbranched alkanes of at least 4 members (excludes halogenated alkanes) is 3. The number of hydrogen-bond acceptors (Lipinski definition) is 4. The average molecular weight is 1910 g/mol. The number of benzene rings is 18. The van der Waals surface area contributed by atoms with Gasteiger partial charge in [0.2, 0.25) is 0 Å². The van der Waals surface area contributed by atoms with Gasteiger partial charge < -0.3 is 19.3 Å². The van der Waals surface area contributed by atoms with Crippen molar-refractivity contribution in [1.82, 2.24) is 0 Å². The van der Waals surface area contributed by atoms with E-state index in [4.69, 9.17) is 9.47 Å². The van der Waals surface area contributed by atoms with Crippen molar-refractivity contribution in [1.29, 1.82) is 0 Å². The Bertz CT molecular complexity index is 7840. The van der Waals surface area contributed by atoms with Gasteiger partial charge >= 0.3 is 0 Å². The molecule has 730 valence electrons. The lowest BCUT2D eigenvalue weighted by molar-refractivity contribution is 0.306. The van der Waals surface area contributed by atoms with Crippen molar-refractivity contribution in [2.24, 2.45) is 0 Å². The standard InChI is InChI=1S/C73H71NO.C70H65NO/c1-6-8-9-11-18-51-27-35-58(36-28-51)73(59-37-41-63(42-38-59)75-49-52-25-29-54(30-26-52)50(3)45-53(7-2)56-33-31-55-32-34-57(55)46-56)69-24-17-15-22-65(69)67-44-40-62(48-71(67)73)74(60-19-12-10-13-20-60)61-39-43-66-64-21-14-16-23-68(64)72(4,5)70(66)47-61;1-7-49(53-27-25-52-26-28-54(52)42-53)41-47(4)51-23-21-48(22-24-51)45-72-60-37-33-56(34-38-60)70(55-31-29-50(30-32-55)46(2)3)66-20-14-12-18-62(66)64-40-36-59(44-68(64)70)71(57-15-9-8-10-16-57)58-35-39-63-61-17-11-13-19-65(61)69(5,6)67(63)43-58/h10,12-17,19-31,33,35-44,46-48,50,53H,6-9,11,18,32,34,45,49H2,1-5H3;8-25,27,29-40,42-44,46-47,49H,7,26,28,41,45H2,1-6H3. The van der Waals surface area contributed by atoms with Gasteiger partial charge in [-0.3, -0.25) is 0 Å². The molecule has 4 nitrogen and oxygen atoms in total. The average Bonchev–Trinajstić information content (AvgIpc) is 1.54. The highest BCUT2D eigenvalue weighted by Crippen LogP contribution is 2.62. The molecule has 0 N–H and O–H groups in total. The van der Waals surface area contributed by atoms with Gasteiger partial charge in [-0.25, -0.2) is 0 Å². The van der Waals surface area contributed by atoms with E-state index in [1.807, 2.05) is 0 Å². The lowest BCUT2D eigenvalue weighted by Crippen LogP contribution is -2.29. The maximum Gasteiger partial charge on any atom is 0.119 e. The number of fused-ring (bicyclic) bond motifs is 14. The number of nitrogens with zero attached hydrogens (tertiary/aromatic N) is 2. The number of hydrogen-bond donors (Lipinski definition) is 0. The Labute approximate surface area is 873 Å². The van der Waals surface area contributed by atoms with Crippen LogP contribution in [0.3, 0.4) is 0 Å². The Kier molecular flexibility index (Phi) is 26.1. The van der Waals surface area contributed by atoms with Crippen LogP contribution in [0.1, 0.15) is 291 Å². The quantitative estimate of drug-likeness (QED) is 0.0392. The van der Waals surface area contributed by atoms with E-state index in [9.17, 15) is 0 Å². The van der Waals surface area contributed by atoms with E-state index >= 15 is 0 Å². The molecule has 0 aromatic heterocycles. The molecule has 0 radical (unpaired) electrons. The van der Waals surface area contributed by atoms with E-state index in [2.05, 4.69) is 498 Å². The lowest BCUT2D eigenvalue weighted by Gasteiger charge is -2.35. The van der Waals surface area contributed by atoms with E-state index in [1.54, 1.807) is 22.3 Å². The first-order chi connectivity index (χ1) is 71.8. The van der Waals surface area contributed by atoms with Gasteiger partial charge in [-0.1, -0.05) is 411 Å². The number of anilines is 6. The molecule has 6 atom stereocenters. The second kappa shape index (κ2) is 40.2. The van der Waals surface area contributed by atoms with Gasteiger partial charge in [0.15, 0.2) is 0 Å². The minimum absolute atomic E-state index is 0.123. The molecular weight excluding hydrogens is 1780 g/mol. The molecule has 24 rings (SSSR count). The van der Waals surface area contributed by atoms with Crippen molar-refractivity contribution in [3.05, 3.63) is 546 Å². The topological polar surface area (TPSA) is 24.9 Å². The van der Waals surface area contributed by atoms with Crippen molar-refractivity contribution < 1.29 is 9.47 Å². The summed E-state index contributed by atoms with van der Waals surface area (Å²) in [4.78, 5) is 4.92. The van der Waals surface area contributed by atoms with Gasteiger partial charge in [-0.2, -0.15) is 0 Å². The van der Waals surface area contributed by atoms with Gasteiger partial charge in [-0.05, 0) is 369 Å². The molecule has 0 spiro atoms. The van der Waals surface area contributed by atoms with Crippen LogP contribution in [0.25, 0.3) is 44.5 Å². The van der Waals surface area contributed by atoms with Crippen molar-refractivity contribution >= 4 is 34.1 Å². The fourth-order valence-corrected chi connectivity index (χ4v) is 25.9. The van der Waals surface area contributed by atoms with Gasteiger partial charge in [0, 0.05) is 45.0 Å². The molecule has 0 amide bonds. The van der Waals surface area contributed by atoms with Crippen molar-refractivity contribution in [2.45, 2.75) is 224 Å². The third-order valence-corrected chi connectivity index (χ3v) is 34.4. The Balaban J connectivity index is 0.000000162. The highest BCUT2D eigenvalue weighted by atomic mass is 16.5. The van der Waals surface area contributed by atoms with Crippen molar-refractivity contribution in [3.8, 4) is 56.0 Å². The van der Waals surface area contributed by atoms with Crippen LogP contribution in [0, 0.1) is 0 Å². The molecule has 0 saturated carbocycles. The molecule has 4 heteroatoms. The van der Waals surface area contributed by atoms with Crippen LogP contribution in [-0.4, -0.2) is 0 Å². The van der Waals surface area contributed by atoms with E-state index in [0.29, 0.717) is 42.8 Å². The third-order valence-electron chi connectivity index (χ3n) is 34.4. The minimum atomic E-state index is -0.593. The normalized spacial score (nSPS) is 16.3. The summed E-state index contributed by atoms with van der Waals surface area (Å²) in [5.74, 6) is 4.27. The van der Waals surface area contributed by atoms with E-state index in [1.165, 1.54) is 207 Å². The lowest BCUT2D eigenvalue weighted by atomic mass is 9.67. The van der Waals surface area contributed by atoms with Gasteiger partial charge in [-0.15, -0.1) is 0 Å².